The molecule has 224 valence electrons. The minimum absolute atomic E-state index is 0.0476. The Morgan fingerprint density at radius 2 is 0.979 bits per heavy atom. The number of hydrogen-bond donors (Lipinski definition) is 0. The Morgan fingerprint density at radius 3 is 1.66 bits per heavy atom. The quantitative estimate of drug-likeness (QED) is 0.190. The third-order valence-electron chi connectivity index (χ3n) is 9.99. The number of aromatic nitrogens is 1. The summed E-state index contributed by atoms with van der Waals surface area (Å²) in [4.78, 5) is 2.30. The van der Waals surface area contributed by atoms with Gasteiger partial charge in [-0.1, -0.05) is 117 Å². The van der Waals surface area contributed by atoms with Gasteiger partial charge in [0.25, 0.3) is 0 Å². The first kappa shape index (κ1) is 27.5. The Labute approximate surface area is 275 Å². The Balaban J connectivity index is 1.11. The van der Waals surface area contributed by atoms with Gasteiger partial charge >= 0.3 is 0 Å². The van der Waals surface area contributed by atoms with E-state index in [0.29, 0.717) is 0 Å². The van der Waals surface area contributed by atoms with Crippen LogP contribution in [0.4, 0.5) is 17.1 Å². The third kappa shape index (κ3) is 4.33. The van der Waals surface area contributed by atoms with E-state index >= 15 is 0 Å². The van der Waals surface area contributed by atoms with Crippen LogP contribution < -0.4 is 4.90 Å². The molecule has 0 fully saturated rings. The van der Waals surface area contributed by atoms with Gasteiger partial charge in [0.05, 0.1) is 11.0 Å². The lowest BCUT2D eigenvalue weighted by molar-refractivity contribution is 0.661. The molecule has 0 aliphatic heterocycles. The molecular weight excluding hydrogens is 569 g/mol. The Bertz CT molecular complexity index is 2360. The largest absolute Gasteiger partial charge is 0.311 e. The van der Waals surface area contributed by atoms with E-state index in [1.807, 2.05) is 0 Å². The number of hydrogen-bond acceptors (Lipinski definition) is 1. The fraction of sp³-hybridized carbons (Fsp3) is 0.0667. The van der Waals surface area contributed by atoms with E-state index < -0.39 is 0 Å². The first-order chi connectivity index (χ1) is 23.1. The summed E-state index contributed by atoms with van der Waals surface area (Å²) in [6.45, 7) is 4.71. The molecule has 8 aromatic rings. The minimum Gasteiger partial charge on any atom is -0.311 e. The van der Waals surface area contributed by atoms with Gasteiger partial charge < -0.3 is 9.47 Å². The molecule has 1 aromatic heterocycles. The van der Waals surface area contributed by atoms with Crippen LogP contribution in [0.2, 0.25) is 0 Å². The maximum atomic E-state index is 2.45. The summed E-state index contributed by atoms with van der Waals surface area (Å²) < 4.78 is 2.44. The zero-order chi connectivity index (χ0) is 31.5. The molecule has 2 nitrogen and oxygen atoms in total. The van der Waals surface area contributed by atoms with Crippen LogP contribution in [0.15, 0.2) is 170 Å². The predicted octanol–water partition coefficient (Wildman–Crippen LogP) is 12.2. The Hall–Kier alpha value is -5.86. The topological polar surface area (TPSA) is 8.17 Å². The summed E-state index contributed by atoms with van der Waals surface area (Å²) in [5, 5.41) is 2.58. The average molecular weight is 603 g/mol. The van der Waals surface area contributed by atoms with Crippen molar-refractivity contribution in [3.8, 4) is 27.9 Å². The number of fused-ring (bicyclic) bond motifs is 6. The second-order valence-electron chi connectivity index (χ2n) is 13.0. The van der Waals surface area contributed by atoms with Crippen molar-refractivity contribution in [2.75, 3.05) is 4.90 Å². The van der Waals surface area contributed by atoms with Crippen molar-refractivity contribution in [2.45, 2.75) is 19.3 Å². The molecule has 1 aliphatic rings. The summed E-state index contributed by atoms with van der Waals surface area (Å²) >= 11 is 0. The number of anilines is 3. The molecule has 0 atom stereocenters. The molecule has 2 heteroatoms. The van der Waals surface area contributed by atoms with Crippen molar-refractivity contribution in [3.05, 3.63) is 181 Å². The summed E-state index contributed by atoms with van der Waals surface area (Å²) in [6.07, 6.45) is 0. The molecule has 0 N–H and O–H groups in total. The van der Waals surface area contributed by atoms with Crippen LogP contribution in [-0.2, 0) is 5.41 Å². The van der Waals surface area contributed by atoms with Crippen LogP contribution in [0.5, 0.6) is 0 Å². The standard InChI is InChI=1S/C45H34N2/c1-45(2)41-19-11-9-17-37(41)39-29-40-38-18-10-12-20-43(38)47(44(40)30-42(39)45)36-27-23-32(24-28-36)31-21-25-35(26-22-31)46(33-13-5-3-6-14-33)34-15-7-4-8-16-34/h3-30H,1-2H3. The molecule has 0 amide bonds. The van der Waals surface area contributed by atoms with Gasteiger partial charge in [-0.2, -0.15) is 0 Å². The fourth-order valence-electron chi connectivity index (χ4n) is 7.65. The molecule has 1 heterocycles. The molecule has 0 unspecified atom stereocenters. The van der Waals surface area contributed by atoms with Crippen LogP contribution >= 0.6 is 0 Å². The lowest BCUT2D eigenvalue weighted by Crippen LogP contribution is -2.14. The highest BCUT2D eigenvalue weighted by Gasteiger charge is 2.36. The Morgan fingerprint density at radius 1 is 0.426 bits per heavy atom. The van der Waals surface area contributed by atoms with Gasteiger partial charge in [0, 0.05) is 38.9 Å². The van der Waals surface area contributed by atoms with E-state index in [9.17, 15) is 0 Å². The van der Waals surface area contributed by atoms with Crippen LogP contribution in [0.25, 0.3) is 49.7 Å². The monoisotopic (exact) mass is 602 g/mol. The smallest absolute Gasteiger partial charge is 0.0544 e. The number of rotatable bonds is 5. The minimum atomic E-state index is -0.0476. The summed E-state index contributed by atoms with van der Waals surface area (Å²) in [6, 6.07) is 61.6. The van der Waals surface area contributed by atoms with Crippen LogP contribution in [-0.4, -0.2) is 4.57 Å². The second-order valence-corrected chi connectivity index (χ2v) is 13.0. The highest BCUT2D eigenvalue weighted by Crippen LogP contribution is 2.51. The van der Waals surface area contributed by atoms with E-state index in [-0.39, 0.29) is 5.41 Å². The van der Waals surface area contributed by atoms with Gasteiger partial charge in [-0.25, -0.2) is 0 Å². The van der Waals surface area contributed by atoms with E-state index in [2.05, 4.69) is 193 Å². The van der Waals surface area contributed by atoms with Gasteiger partial charge in [0.1, 0.15) is 0 Å². The van der Waals surface area contributed by atoms with Crippen molar-refractivity contribution < 1.29 is 0 Å². The van der Waals surface area contributed by atoms with Crippen molar-refractivity contribution in [1.82, 2.24) is 4.57 Å². The zero-order valence-corrected chi connectivity index (χ0v) is 26.6. The summed E-state index contributed by atoms with van der Waals surface area (Å²) in [5.41, 5.74) is 14.9. The number of para-hydroxylation sites is 3. The van der Waals surface area contributed by atoms with Crippen molar-refractivity contribution in [3.63, 3.8) is 0 Å². The van der Waals surface area contributed by atoms with Gasteiger partial charge in [-0.05, 0) is 100 Å². The van der Waals surface area contributed by atoms with E-state index in [1.54, 1.807) is 0 Å². The van der Waals surface area contributed by atoms with Gasteiger partial charge in [0.2, 0.25) is 0 Å². The SMILES string of the molecule is CC1(C)c2ccccc2-c2cc3c4ccccc4n(-c4ccc(-c5ccc(N(c6ccccc6)c6ccccc6)cc5)cc4)c3cc21. The van der Waals surface area contributed by atoms with Gasteiger partial charge in [-0.15, -0.1) is 0 Å². The van der Waals surface area contributed by atoms with Gasteiger partial charge in [0.15, 0.2) is 0 Å². The lowest BCUT2D eigenvalue weighted by atomic mass is 9.82. The van der Waals surface area contributed by atoms with Crippen molar-refractivity contribution in [1.29, 1.82) is 0 Å². The second kappa shape index (κ2) is 10.6. The van der Waals surface area contributed by atoms with E-state index in [4.69, 9.17) is 0 Å². The Kier molecular flexibility index (Phi) is 6.20. The van der Waals surface area contributed by atoms with Crippen LogP contribution in [0.3, 0.4) is 0 Å². The average Bonchev–Trinajstić information content (AvgIpc) is 3.57. The third-order valence-corrected chi connectivity index (χ3v) is 9.99. The first-order valence-electron chi connectivity index (χ1n) is 16.4. The van der Waals surface area contributed by atoms with Crippen LogP contribution in [0.1, 0.15) is 25.0 Å². The highest BCUT2D eigenvalue weighted by atomic mass is 15.1. The molecule has 9 rings (SSSR count). The molecule has 0 bridgehead atoms. The highest BCUT2D eigenvalue weighted by molar-refractivity contribution is 6.11. The molecular formula is C45H34N2. The molecule has 0 radical (unpaired) electrons. The summed E-state index contributed by atoms with van der Waals surface area (Å²) in [7, 11) is 0. The van der Waals surface area contributed by atoms with Crippen molar-refractivity contribution >= 4 is 38.9 Å². The maximum Gasteiger partial charge on any atom is 0.0544 e. The predicted molar refractivity (Wildman–Crippen MR) is 198 cm³/mol. The maximum absolute atomic E-state index is 2.45. The molecule has 47 heavy (non-hydrogen) atoms. The van der Waals surface area contributed by atoms with E-state index in [0.717, 1.165) is 17.1 Å². The molecule has 1 aliphatic carbocycles. The molecule has 0 saturated heterocycles. The molecule has 7 aromatic carbocycles. The molecule has 0 saturated carbocycles. The normalized spacial score (nSPS) is 13.1. The lowest BCUT2D eigenvalue weighted by Gasteiger charge is -2.25. The van der Waals surface area contributed by atoms with E-state index in [1.165, 1.54) is 60.9 Å². The fourth-order valence-corrected chi connectivity index (χ4v) is 7.65. The number of nitrogens with zero attached hydrogens (tertiary/aromatic N) is 2. The summed E-state index contributed by atoms with van der Waals surface area (Å²) in [5.74, 6) is 0. The van der Waals surface area contributed by atoms with Crippen molar-refractivity contribution in [2.24, 2.45) is 0 Å². The zero-order valence-electron chi connectivity index (χ0n) is 26.6. The molecule has 0 spiro atoms. The number of benzene rings is 7. The first-order valence-corrected chi connectivity index (χ1v) is 16.4. The van der Waals surface area contributed by atoms with Crippen LogP contribution in [0, 0.1) is 0 Å². The van der Waals surface area contributed by atoms with Gasteiger partial charge in [-0.3, -0.25) is 0 Å².